The fraction of sp³-hybridized carbons (Fsp3) is 0.444. The van der Waals surface area contributed by atoms with Crippen LogP contribution < -0.4 is 0 Å². The van der Waals surface area contributed by atoms with Crippen LogP contribution in [0.4, 0.5) is 0 Å². The summed E-state index contributed by atoms with van der Waals surface area (Å²) in [7, 11) is 0. The lowest BCUT2D eigenvalue weighted by Crippen LogP contribution is -2.17. The molecule has 0 aromatic heterocycles. The molecule has 0 spiro atoms. The summed E-state index contributed by atoms with van der Waals surface area (Å²) in [6.45, 7) is 5.97. The number of carbonyl (C=O) groups excluding carboxylic acids is 1. The molecule has 1 heterocycles. The lowest BCUT2D eigenvalue weighted by atomic mass is 10.3. The molecule has 0 aromatic carbocycles. The van der Waals surface area contributed by atoms with Crippen LogP contribution >= 0.6 is 0 Å². The Morgan fingerprint density at radius 1 is 1.83 bits per heavy atom. The topological polar surface area (TPSA) is 35.5 Å². The van der Waals surface area contributed by atoms with E-state index < -0.39 is 0 Å². The molecule has 0 fully saturated rings. The molecule has 0 aliphatic carbocycles. The summed E-state index contributed by atoms with van der Waals surface area (Å²) in [5.41, 5.74) is 0.414. The first-order chi connectivity index (χ1) is 5.70. The molecule has 0 aromatic rings. The summed E-state index contributed by atoms with van der Waals surface area (Å²) >= 11 is 0. The minimum Gasteiger partial charge on any atom is -0.459 e. The van der Waals surface area contributed by atoms with Crippen LogP contribution in [0.3, 0.4) is 0 Å². The van der Waals surface area contributed by atoms with E-state index in [1.807, 2.05) is 12.2 Å². The first-order valence-electron chi connectivity index (χ1n) is 3.81. The molecule has 1 aliphatic rings. The monoisotopic (exact) mass is 168 g/mol. The Balaban J connectivity index is 2.21. The van der Waals surface area contributed by atoms with Crippen LogP contribution in [0.1, 0.15) is 6.92 Å². The van der Waals surface area contributed by atoms with Gasteiger partial charge in [-0.05, 0) is 6.92 Å². The van der Waals surface area contributed by atoms with E-state index in [1.165, 1.54) is 0 Å². The van der Waals surface area contributed by atoms with Gasteiger partial charge in [-0.1, -0.05) is 18.7 Å². The zero-order valence-corrected chi connectivity index (χ0v) is 7.08. The Kier molecular flexibility index (Phi) is 3.05. The quantitative estimate of drug-likeness (QED) is 0.359. The first-order valence-corrected chi connectivity index (χ1v) is 3.81. The maximum atomic E-state index is 10.9. The van der Waals surface area contributed by atoms with E-state index in [4.69, 9.17) is 9.47 Å². The number of rotatable bonds is 3. The summed E-state index contributed by atoms with van der Waals surface area (Å²) < 4.78 is 10.0. The maximum Gasteiger partial charge on any atom is 0.333 e. The number of ether oxygens (including phenoxy) is 2. The lowest BCUT2D eigenvalue weighted by molar-refractivity contribution is -0.141. The molecule has 0 saturated heterocycles. The Labute approximate surface area is 71.7 Å². The second-order valence-corrected chi connectivity index (χ2v) is 2.68. The van der Waals surface area contributed by atoms with Crippen molar-refractivity contribution in [3.63, 3.8) is 0 Å². The summed E-state index contributed by atoms with van der Waals surface area (Å²) in [5.74, 6) is -0.362. The molecule has 1 atom stereocenters. The molecular formula is C9H12O3. The maximum absolute atomic E-state index is 10.9. The smallest absolute Gasteiger partial charge is 0.333 e. The van der Waals surface area contributed by atoms with Gasteiger partial charge in [-0.15, -0.1) is 0 Å². The fourth-order valence-corrected chi connectivity index (χ4v) is 0.827. The molecule has 1 aliphatic heterocycles. The van der Waals surface area contributed by atoms with Gasteiger partial charge in [0.1, 0.15) is 12.7 Å². The minimum absolute atomic E-state index is 0.0756. The van der Waals surface area contributed by atoms with Crippen LogP contribution in [0, 0.1) is 0 Å². The molecule has 0 radical (unpaired) electrons. The van der Waals surface area contributed by atoms with Gasteiger partial charge in [-0.2, -0.15) is 0 Å². The van der Waals surface area contributed by atoms with Crippen LogP contribution in [-0.2, 0) is 14.3 Å². The van der Waals surface area contributed by atoms with Crippen molar-refractivity contribution in [2.45, 2.75) is 13.0 Å². The van der Waals surface area contributed by atoms with E-state index in [0.717, 1.165) is 0 Å². The van der Waals surface area contributed by atoms with Crippen molar-refractivity contribution in [1.29, 1.82) is 0 Å². The standard InChI is InChI=1S/C9H12O3/c1-7(2)9(10)12-6-8-4-3-5-11-8/h3-4,8H,1,5-6H2,2H3. The van der Waals surface area contributed by atoms with Crippen LogP contribution in [0.2, 0.25) is 0 Å². The van der Waals surface area contributed by atoms with Crippen LogP contribution in [0.25, 0.3) is 0 Å². The van der Waals surface area contributed by atoms with Gasteiger partial charge in [0.15, 0.2) is 0 Å². The largest absolute Gasteiger partial charge is 0.459 e. The summed E-state index contributed by atoms with van der Waals surface area (Å²) in [4.78, 5) is 10.9. The Hall–Kier alpha value is -1.09. The van der Waals surface area contributed by atoms with Crippen molar-refractivity contribution in [2.24, 2.45) is 0 Å². The molecule has 0 N–H and O–H groups in total. The summed E-state index contributed by atoms with van der Waals surface area (Å²) in [6, 6.07) is 0. The van der Waals surface area contributed by atoms with Gasteiger partial charge in [0, 0.05) is 5.57 Å². The van der Waals surface area contributed by atoms with E-state index in [-0.39, 0.29) is 18.7 Å². The van der Waals surface area contributed by atoms with Gasteiger partial charge in [0.25, 0.3) is 0 Å². The second kappa shape index (κ2) is 4.07. The number of esters is 1. The third-order valence-corrected chi connectivity index (χ3v) is 1.48. The molecule has 3 heteroatoms. The number of hydrogen-bond donors (Lipinski definition) is 0. The minimum atomic E-state index is -0.362. The van der Waals surface area contributed by atoms with E-state index in [1.54, 1.807) is 6.92 Å². The van der Waals surface area contributed by atoms with Gasteiger partial charge in [-0.25, -0.2) is 4.79 Å². The molecule has 1 rings (SSSR count). The van der Waals surface area contributed by atoms with Crippen molar-refractivity contribution >= 4 is 5.97 Å². The fourth-order valence-electron chi connectivity index (χ4n) is 0.827. The van der Waals surface area contributed by atoms with E-state index in [0.29, 0.717) is 12.2 Å². The zero-order valence-electron chi connectivity index (χ0n) is 7.08. The van der Waals surface area contributed by atoms with E-state index in [2.05, 4.69) is 6.58 Å². The zero-order chi connectivity index (χ0) is 8.97. The summed E-state index contributed by atoms with van der Waals surface area (Å²) in [6.07, 6.45) is 3.71. The van der Waals surface area contributed by atoms with Crippen LogP contribution in [0.5, 0.6) is 0 Å². The molecule has 66 valence electrons. The van der Waals surface area contributed by atoms with Crippen molar-refractivity contribution in [3.05, 3.63) is 24.3 Å². The van der Waals surface area contributed by atoms with Gasteiger partial charge in [-0.3, -0.25) is 0 Å². The lowest BCUT2D eigenvalue weighted by Gasteiger charge is -2.08. The molecule has 12 heavy (non-hydrogen) atoms. The van der Waals surface area contributed by atoms with Crippen molar-refractivity contribution in [3.8, 4) is 0 Å². The highest BCUT2D eigenvalue weighted by atomic mass is 16.6. The average Bonchev–Trinajstić information content (AvgIpc) is 2.51. The molecule has 0 bridgehead atoms. The van der Waals surface area contributed by atoms with Crippen molar-refractivity contribution < 1.29 is 14.3 Å². The molecule has 3 nitrogen and oxygen atoms in total. The van der Waals surface area contributed by atoms with Gasteiger partial charge in [0.2, 0.25) is 0 Å². The van der Waals surface area contributed by atoms with Gasteiger partial charge < -0.3 is 9.47 Å². The van der Waals surface area contributed by atoms with Crippen LogP contribution in [0.15, 0.2) is 24.3 Å². The Bertz CT molecular complexity index is 218. The average molecular weight is 168 g/mol. The SMILES string of the molecule is C=C(C)C(=O)OCC1C=CCO1. The van der Waals surface area contributed by atoms with Gasteiger partial charge >= 0.3 is 5.97 Å². The van der Waals surface area contributed by atoms with Crippen molar-refractivity contribution in [1.82, 2.24) is 0 Å². The molecule has 1 unspecified atom stereocenters. The predicted molar refractivity (Wildman–Crippen MR) is 44.7 cm³/mol. The van der Waals surface area contributed by atoms with E-state index >= 15 is 0 Å². The van der Waals surface area contributed by atoms with Crippen LogP contribution in [-0.4, -0.2) is 25.3 Å². The number of carbonyl (C=O) groups is 1. The first kappa shape index (κ1) is 9.00. The van der Waals surface area contributed by atoms with Crippen molar-refractivity contribution in [2.75, 3.05) is 13.2 Å². The van der Waals surface area contributed by atoms with E-state index in [9.17, 15) is 4.79 Å². The molecule has 0 amide bonds. The number of hydrogen-bond acceptors (Lipinski definition) is 3. The third kappa shape index (κ3) is 2.51. The highest BCUT2D eigenvalue weighted by molar-refractivity contribution is 5.86. The summed E-state index contributed by atoms with van der Waals surface area (Å²) in [5, 5.41) is 0. The van der Waals surface area contributed by atoms with Gasteiger partial charge in [0.05, 0.1) is 6.61 Å². The predicted octanol–water partition coefficient (Wildman–Crippen LogP) is 1.06. The molecular weight excluding hydrogens is 156 g/mol. The highest BCUT2D eigenvalue weighted by Gasteiger charge is 2.12. The normalized spacial score (nSPS) is 20.9. The second-order valence-electron chi connectivity index (χ2n) is 2.68. The Morgan fingerprint density at radius 3 is 3.08 bits per heavy atom. The third-order valence-electron chi connectivity index (χ3n) is 1.48. The Morgan fingerprint density at radius 2 is 2.58 bits per heavy atom. The highest BCUT2D eigenvalue weighted by Crippen LogP contribution is 2.04. The molecule has 0 saturated carbocycles.